The van der Waals surface area contributed by atoms with Crippen LogP contribution in [-0.4, -0.2) is 29.4 Å². The van der Waals surface area contributed by atoms with E-state index in [1.807, 2.05) is 13.8 Å². The topological polar surface area (TPSA) is 40.6 Å². The number of hydrogen-bond acceptors (Lipinski definition) is 2. The van der Waals surface area contributed by atoms with Crippen LogP contribution in [0.15, 0.2) is 24.3 Å². The van der Waals surface area contributed by atoms with E-state index in [1.165, 1.54) is 23.1 Å². The fraction of sp³-hybridized carbons (Fsp3) is 0.333. The van der Waals surface area contributed by atoms with Gasteiger partial charge in [-0.25, -0.2) is 14.1 Å². The molecule has 17 heavy (non-hydrogen) atoms. The average Bonchev–Trinajstić information content (AvgIpc) is 2.56. The van der Waals surface area contributed by atoms with Crippen molar-refractivity contribution in [2.75, 3.05) is 11.4 Å². The third-order valence-electron chi connectivity index (χ3n) is 2.71. The van der Waals surface area contributed by atoms with Gasteiger partial charge in [0.2, 0.25) is 0 Å². The minimum atomic E-state index is -0.570. The third-order valence-corrected chi connectivity index (χ3v) is 2.71. The number of anilines is 1. The number of para-hydroxylation sites is 1. The maximum Gasteiger partial charge on any atom is 0.332 e. The smallest absolute Gasteiger partial charge is 0.312 e. The molecule has 0 saturated carbocycles. The minimum Gasteiger partial charge on any atom is -0.312 e. The molecular formula is C12H13FN2O2. The fourth-order valence-electron chi connectivity index (χ4n) is 1.79. The van der Waals surface area contributed by atoms with E-state index < -0.39 is 17.8 Å². The molecule has 1 aromatic rings. The Bertz CT molecular complexity index is 473. The van der Waals surface area contributed by atoms with Crippen molar-refractivity contribution in [2.45, 2.75) is 19.9 Å². The lowest BCUT2D eigenvalue weighted by atomic mass is 10.3. The minimum absolute atomic E-state index is 0.00480. The Labute approximate surface area is 98.6 Å². The normalized spacial score (nSPS) is 16.2. The molecule has 0 radical (unpaired) electrons. The predicted octanol–water partition coefficient (Wildman–Crippen LogP) is 2.00. The van der Waals surface area contributed by atoms with Crippen LogP contribution < -0.4 is 4.90 Å². The highest BCUT2D eigenvalue weighted by Crippen LogP contribution is 2.25. The molecule has 3 amide bonds. The second-order valence-electron chi connectivity index (χ2n) is 4.18. The lowest BCUT2D eigenvalue weighted by Gasteiger charge is -2.20. The van der Waals surface area contributed by atoms with E-state index in [9.17, 15) is 14.0 Å². The number of amides is 3. The zero-order valence-electron chi connectivity index (χ0n) is 9.68. The maximum absolute atomic E-state index is 13.6. The second-order valence-corrected chi connectivity index (χ2v) is 4.18. The highest BCUT2D eigenvalue weighted by Gasteiger charge is 2.39. The molecule has 0 bridgehead atoms. The van der Waals surface area contributed by atoms with Gasteiger partial charge in [0.1, 0.15) is 12.4 Å². The molecule has 5 heteroatoms. The monoisotopic (exact) mass is 236 g/mol. The lowest BCUT2D eigenvalue weighted by molar-refractivity contribution is -0.116. The van der Waals surface area contributed by atoms with Crippen LogP contribution in [0.1, 0.15) is 13.8 Å². The molecule has 2 rings (SSSR count). The van der Waals surface area contributed by atoms with Crippen molar-refractivity contribution in [1.82, 2.24) is 4.90 Å². The summed E-state index contributed by atoms with van der Waals surface area (Å²) >= 11 is 0. The van der Waals surface area contributed by atoms with Crippen molar-refractivity contribution in [3.63, 3.8) is 0 Å². The van der Waals surface area contributed by atoms with Gasteiger partial charge < -0.3 is 4.90 Å². The molecule has 0 aliphatic carbocycles. The van der Waals surface area contributed by atoms with Crippen molar-refractivity contribution in [1.29, 1.82) is 0 Å². The van der Waals surface area contributed by atoms with Gasteiger partial charge >= 0.3 is 6.03 Å². The first kappa shape index (κ1) is 11.6. The van der Waals surface area contributed by atoms with Gasteiger partial charge in [0, 0.05) is 6.04 Å². The number of nitrogens with zero attached hydrogens (tertiary/aromatic N) is 2. The number of benzene rings is 1. The van der Waals surface area contributed by atoms with Crippen LogP contribution in [0.4, 0.5) is 14.9 Å². The Morgan fingerprint density at radius 2 is 1.88 bits per heavy atom. The fourth-order valence-corrected chi connectivity index (χ4v) is 1.79. The van der Waals surface area contributed by atoms with E-state index in [4.69, 9.17) is 0 Å². The maximum atomic E-state index is 13.6. The summed E-state index contributed by atoms with van der Waals surface area (Å²) < 4.78 is 13.6. The molecule has 1 fully saturated rings. The Kier molecular flexibility index (Phi) is 2.83. The zero-order valence-corrected chi connectivity index (χ0v) is 9.68. The Morgan fingerprint density at radius 3 is 2.41 bits per heavy atom. The number of carbonyl (C=O) groups excluding carboxylic acids is 2. The van der Waals surface area contributed by atoms with Crippen molar-refractivity contribution >= 4 is 17.6 Å². The van der Waals surface area contributed by atoms with Crippen LogP contribution in [0.25, 0.3) is 0 Å². The molecule has 1 saturated heterocycles. The largest absolute Gasteiger partial charge is 0.332 e. The number of carbonyl (C=O) groups is 2. The summed E-state index contributed by atoms with van der Waals surface area (Å²) in [7, 11) is 0. The highest BCUT2D eigenvalue weighted by molar-refractivity contribution is 6.19. The number of hydrogen-bond donors (Lipinski definition) is 0. The van der Waals surface area contributed by atoms with Crippen LogP contribution >= 0.6 is 0 Å². The number of urea groups is 1. The van der Waals surface area contributed by atoms with Crippen LogP contribution in [0.3, 0.4) is 0 Å². The van der Waals surface area contributed by atoms with Gasteiger partial charge in [-0.2, -0.15) is 0 Å². The standard InChI is InChI=1S/C12H13FN2O2/c1-8(2)14-7-11(16)15(12(14)17)10-6-4-3-5-9(10)13/h3-6,8H,7H2,1-2H3. The molecule has 0 N–H and O–H groups in total. The molecule has 90 valence electrons. The first-order valence-corrected chi connectivity index (χ1v) is 5.40. The zero-order chi connectivity index (χ0) is 12.6. The summed E-state index contributed by atoms with van der Waals surface area (Å²) in [6, 6.07) is 5.22. The van der Waals surface area contributed by atoms with Gasteiger partial charge in [-0.3, -0.25) is 4.79 Å². The summed E-state index contributed by atoms with van der Waals surface area (Å²) in [5, 5.41) is 0. The second kappa shape index (κ2) is 4.16. The van der Waals surface area contributed by atoms with Gasteiger partial charge in [-0.15, -0.1) is 0 Å². The molecule has 0 unspecified atom stereocenters. The molecule has 1 aromatic carbocycles. The summed E-state index contributed by atoms with van der Waals surface area (Å²) in [5.74, 6) is -0.964. The van der Waals surface area contributed by atoms with E-state index >= 15 is 0 Å². The number of rotatable bonds is 2. The van der Waals surface area contributed by atoms with E-state index in [-0.39, 0.29) is 18.3 Å². The van der Waals surface area contributed by atoms with Crippen LogP contribution in [0, 0.1) is 5.82 Å². The number of imide groups is 1. The SMILES string of the molecule is CC(C)N1CC(=O)N(c2ccccc2F)C1=O. The van der Waals surface area contributed by atoms with Gasteiger partial charge in [-0.05, 0) is 26.0 Å². The lowest BCUT2D eigenvalue weighted by Crippen LogP contribution is -2.36. The Balaban J connectivity index is 2.38. The van der Waals surface area contributed by atoms with Gasteiger partial charge in [0.05, 0.1) is 5.69 Å². The summed E-state index contributed by atoms with van der Waals surface area (Å²) in [4.78, 5) is 26.0. The summed E-state index contributed by atoms with van der Waals surface area (Å²) in [5.41, 5.74) is 0.0191. The molecule has 1 heterocycles. The molecule has 0 aromatic heterocycles. The quantitative estimate of drug-likeness (QED) is 0.737. The van der Waals surface area contributed by atoms with Crippen LogP contribution in [0.2, 0.25) is 0 Å². The Morgan fingerprint density at radius 1 is 1.24 bits per heavy atom. The van der Waals surface area contributed by atoms with Crippen molar-refractivity contribution in [3.05, 3.63) is 30.1 Å². The highest BCUT2D eigenvalue weighted by atomic mass is 19.1. The van der Waals surface area contributed by atoms with E-state index in [0.29, 0.717) is 0 Å². The molecule has 1 aliphatic rings. The molecule has 0 spiro atoms. The van der Waals surface area contributed by atoms with Gasteiger partial charge in [-0.1, -0.05) is 12.1 Å². The van der Waals surface area contributed by atoms with E-state index in [2.05, 4.69) is 0 Å². The first-order chi connectivity index (χ1) is 8.02. The predicted molar refractivity (Wildman–Crippen MR) is 61.1 cm³/mol. The summed E-state index contributed by atoms with van der Waals surface area (Å²) in [6.45, 7) is 3.64. The molecule has 0 atom stereocenters. The van der Waals surface area contributed by atoms with Crippen LogP contribution in [0.5, 0.6) is 0 Å². The van der Waals surface area contributed by atoms with Crippen molar-refractivity contribution in [3.8, 4) is 0 Å². The van der Waals surface area contributed by atoms with Crippen LogP contribution in [-0.2, 0) is 4.79 Å². The molecule has 4 nitrogen and oxygen atoms in total. The van der Waals surface area contributed by atoms with Gasteiger partial charge in [0.15, 0.2) is 0 Å². The van der Waals surface area contributed by atoms with E-state index in [1.54, 1.807) is 6.07 Å². The van der Waals surface area contributed by atoms with E-state index in [0.717, 1.165) is 4.90 Å². The van der Waals surface area contributed by atoms with Crippen molar-refractivity contribution < 1.29 is 14.0 Å². The summed E-state index contributed by atoms with van der Waals surface area (Å²) in [6.07, 6.45) is 0. The first-order valence-electron chi connectivity index (χ1n) is 5.40. The molecular weight excluding hydrogens is 223 g/mol. The molecule has 1 aliphatic heterocycles. The van der Waals surface area contributed by atoms with Crippen molar-refractivity contribution in [2.24, 2.45) is 0 Å². The number of halogens is 1. The third kappa shape index (κ3) is 1.88. The van der Waals surface area contributed by atoms with Gasteiger partial charge in [0.25, 0.3) is 5.91 Å². The average molecular weight is 236 g/mol. The Hall–Kier alpha value is -1.91.